The van der Waals surface area contributed by atoms with Crippen LogP contribution in [0.4, 0.5) is 0 Å². The number of aliphatic carboxylic acids is 1. The number of amides is 2. The van der Waals surface area contributed by atoms with E-state index in [0.717, 1.165) is 16.7 Å². The number of ether oxygens (including phenoxy) is 1. The highest BCUT2D eigenvalue weighted by molar-refractivity contribution is 8.00. The molecule has 0 unspecified atom stereocenters. The van der Waals surface area contributed by atoms with E-state index in [1.54, 1.807) is 36.9 Å². The van der Waals surface area contributed by atoms with E-state index in [-0.39, 0.29) is 17.9 Å². The molecule has 0 aliphatic heterocycles. The molecule has 0 bridgehead atoms. The summed E-state index contributed by atoms with van der Waals surface area (Å²) in [4.78, 5) is 54.4. The number of allylic oxidation sites excluding steroid dienone is 2. The first kappa shape index (κ1) is 38.3. The number of hydrogen-bond acceptors (Lipinski definition) is 8. The molecule has 11 heteroatoms. The van der Waals surface area contributed by atoms with Gasteiger partial charge in [-0.25, -0.2) is 9.78 Å². The molecule has 0 spiro atoms. The summed E-state index contributed by atoms with van der Waals surface area (Å²) in [6.45, 7) is 3.11. The lowest BCUT2D eigenvalue weighted by molar-refractivity contribution is -0.153. The zero-order chi connectivity index (χ0) is 36.6. The number of carboxylic acids is 1. The van der Waals surface area contributed by atoms with Gasteiger partial charge in [-0.1, -0.05) is 109 Å². The first-order valence-electron chi connectivity index (χ1n) is 16.5. The molecule has 0 aliphatic carbocycles. The Kier molecular flexibility index (Phi) is 14.3. The lowest BCUT2D eigenvalue weighted by Crippen LogP contribution is -2.44. The minimum Gasteiger partial charge on any atom is -0.481 e. The fourth-order valence-corrected chi connectivity index (χ4v) is 6.84. The number of rotatable bonds is 17. The maximum absolute atomic E-state index is 13.0. The molecule has 2 amide bonds. The maximum atomic E-state index is 13.0. The van der Waals surface area contributed by atoms with Crippen LogP contribution in [0.3, 0.4) is 0 Å². The summed E-state index contributed by atoms with van der Waals surface area (Å²) in [6.07, 6.45) is 3.80. The van der Waals surface area contributed by atoms with Crippen molar-refractivity contribution in [1.29, 1.82) is 0 Å². The number of thioether (sulfide) groups is 1. The highest BCUT2D eigenvalue weighted by Gasteiger charge is 2.36. The number of aromatic nitrogens is 1. The predicted octanol–water partition coefficient (Wildman–Crippen LogP) is 5.74. The molecule has 1 aromatic heterocycles. The molecular formula is C40H42N4O6S. The number of esters is 1. The van der Waals surface area contributed by atoms with E-state index in [4.69, 9.17) is 10.5 Å². The van der Waals surface area contributed by atoms with Crippen molar-refractivity contribution in [1.82, 2.24) is 15.6 Å². The van der Waals surface area contributed by atoms with Gasteiger partial charge in [0.25, 0.3) is 11.8 Å². The number of carbonyl (C=O) groups excluding carboxylic acids is 3. The lowest BCUT2D eigenvalue weighted by atomic mass is 9.84. The molecule has 0 saturated carbocycles. The Labute approximate surface area is 302 Å². The van der Waals surface area contributed by atoms with Crippen molar-refractivity contribution in [2.75, 3.05) is 5.75 Å². The lowest BCUT2D eigenvalue weighted by Gasteiger charge is -2.35. The molecule has 10 nitrogen and oxygen atoms in total. The quantitative estimate of drug-likeness (QED) is 0.0353. The van der Waals surface area contributed by atoms with Crippen molar-refractivity contribution < 1.29 is 29.0 Å². The summed E-state index contributed by atoms with van der Waals surface area (Å²) < 4.78 is 5.01. The zero-order valence-corrected chi connectivity index (χ0v) is 29.3. The number of nitrogens with zero attached hydrogens (tertiary/aromatic N) is 1. The van der Waals surface area contributed by atoms with Crippen LogP contribution in [0.25, 0.3) is 0 Å². The standard InChI is InChI=1S/C40H42N4O6S/c1-3-34(44-38(48)35-24-15-22-32(27-41)43-35)37(47)42-28(2)39(49)50-33(26-36(45)46)23-13-14-25-51-40(29-16-7-4-8-17-29,30-18-9-5-10-19-30)31-20-11-6-12-21-31/h3-13,15-24,28,33H,14,25-27,41H2,1-2H3,(H,42,47)(H,44,48)(H,45,46)/b23-13+,34-3-/t28-,33+/m0/s1. The molecule has 0 aliphatic rings. The zero-order valence-electron chi connectivity index (χ0n) is 28.5. The number of carboxylic acid groups (broad SMARTS) is 1. The average molecular weight is 707 g/mol. The van der Waals surface area contributed by atoms with Gasteiger partial charge in [0, 0.05) is 6.54 Å². The van der Waals surface area contributed by atoms with E-state index in [1.165, 1.54) is 19.1 Å². The summed E-state index contributed by atoms with van der Waals surface area (Å²) in [7, 11) is 0. The Balaban J connectivity index is 1.40. The number of hydrogen-bond donors (Lipinski definition) is 4. The van der Waals surface area contributed by atoms with Gasteiger partial charge in [-0.05, 0) is 60.9 Å². The smallest absolute Gasteiger partial charge is 0.328 e. The van der Waals surface area contributed by atoms with Gasteiger partial charge in [0.2, 0.25) is 0 Å². The molecule has 2 atom stereocenters. The van der Waals surface area contributed by atoms with Gasteiger partial charge in [-0.2, -0.15) is 0 Å². The molecule has 4 rings (SSSR count). The third kappa shape index (κ3) is 10.5. The third-order valence-electron chi connectivity index (χ3n) is 7.87. The Morgan fingerprint density at radius 2 is 1.45 bits per heavy atom. The van der Waals surface area contributed by atoms with Crippen LogP contribution in [0.1, 0.15) is 59.6 Å². The monoisotopic (exact) mass is 706 g/mol. The second-order valence-corrected chi connectivity index (χ2v) is 12.8. The van der Waals surface area contributed by atoms with Gasteiger partial charge in [-0.15, -0.1) is 11.8 Å². The van der Waals surface area contributed by atoms with Crippen LogP contribution in [-0.2, 0) is 30.4 Å². The summed E-state index contributed by atoms with van der Waals surface area (Å²) in [6, 6.07) is 34.5. The van der Waals surface area contributed by atoms with E-state index < -0.39 is 47.1 Å². The molecule has 264 valence electrons. The van der Waals surface area contributed by atoms with Gasteiger partial charge in [-0.3, -0.25) is 14.4 Å². The van der Waals surface area contributed by atoms with Crippen LogP contribution in [0.2, 0.25) is 0 Å². The fraction of sp³-hybridized carbons (Fsp3) is 0.225. The van der Waals surface area contributed by atoms with Crippen LogP contribution in [0, 0.1) is 0 Å². The van der Waals surface area contributed by atoms with Crippen molar-refractivity contribution in [2.24, 2.45) is 5.73 Å². The average Bonchev–Trinajstić information content (AvgIpc) is 3.15. The number of pyridine rings is 1. The molecule has 51 heavy (non-hydrogen) atoms. The Bertz CT molecular complexity index is 1740. The van der Waals surface area contributed by atoms with Gasteiger partial charge in [0.15, 0.2) is 0 Å². The minimum atomic E-state index is -1.15. The molecule has 3 aromatic carbocycles. The van der Waals surface area contributed by atoms with Crippen molar-refractivity contribution in [2.45, 2.75) is 50.1 Å². The predicted molar refractivity (Wildman–Crippen MR) is 199 cm³/mol. The van der Waals surface area contributed by atoms with E-state index >= 15 is 0 Å². The van der Waals surface area contributed by atoms with Crippen LogP contribution in [0.5, 0.6) is 0 Å². The summed E-state index contributed by atoms with van der Waals surface area (Å²) in [5.74, 6) is -2.66. The molecule has 5 N–H and O–H groups in total. The second-order valence-electron chi connectivity index (χ2n) is 11.5. The SMILES string of the molecule is C/C=C(\NC(=O)c1cccc(CN)n1)C(=O)N[C@@H](C)C(=O)O[C@H](/C=C/CCSC(c1ccccc1)(c1ccccc1)c1ccccc1)CC(=O)O. The van der Waals surface area contributed by atoms with Crippen molar-refractivity contribution in [3.63, 3.8) is 0 Å². The molecule has 4 aromatic rings. The molecule has 0 radical (unpaired) electrons. The van der Waals surface area contributed by atoms with Crippen molar-refractivity contribution in [3.8, 4) is 0 Å². The maximum Gasteiger partial charge on any atom is 0.328 e. The van der Waals surface area contributed by atoms with E-state index in [2.05, 4.69) is 52.0 Å². The van der Waals surface area contributed by atoms with Crippen LogP contribution in [-0.4, -0.2) is 51.7 Å². The largest absolute Gasteiger partial charge is 0.481 e. The second kappa shape index (κ2) is 19.0. The molecular weight excluding hydrogens is 665 g/mol. The molecule has 0 fully saturated rings. The Morgan fingerprint density at radius 1 is 0.882 bits per heavy atom. The Hall–Kier alpha value is -5.52. The fourth-order valence-electron chi connectivity index (χ4n) is 5.37. The van der Waals surface area contributed by atoms with E-state index in [1.807, 2.05) is 60.7 Å². The van der Waals surface area contributed by atoms with E-state index in [0.29, 0.717) is 17.9 Å². The van der Waals surface area contributed by atoms with E-state index in [9.17, 15) is 24.3 Å². The topological polar surface area (TPSA) is 161 Å². The summed E-state index contributed by atoms with van der Waals surface area (Å²) in [5, 5.41) is 14.5. The number of benzene rings is 3. The highest BCUT2D eigenvalue weighted by Crippen LogP contribution is 2.48. The van der Waals surface area contributed by atoms with Crippen molar-refractivity contribution in [3.05, 3.63) is 161 Å². The van der Waals surface area contributed by atoms with Crippen molar-refractivity contribution >= 4 is 35.5 Å². The third-order valence-corrected chi connectivity index (χ3v) is 9.45. The van der Waals surface area contributed by atoms with Crippen LogP contribution >= 0.6 is 11.8 Å². The van der Waals surface area contributed by atoms with Gasteiger partial charge in [0.1, 0.15) is 23.5 Å². The molecule has 1 heterocycles. The number of nitrogens with one attached hydrogen (secondary N) is 2. The van der Waals surface area contributed by atoms with Crippen LogP contribution in [0.15, 0.2) is 133 Å². The minimum absolute atomic E-state index is 0.0742. The van der Waals surface area contributed by atoms with Gasteiger partial charge >= 0.3 is 11.9 Å². The first-order chi connectivity index (χ1) is 24.7. The Morgan fingerprint density at radius 3 is 1.96 bits per heavy atom. The van der Waals surface area contributed by atoms with Gasteiger partial charge < -0.3 is 26.2 Å². The van der Waals surface area contributed by atoms with Crippen LogP contribution < -0.4 is 16.4 Å². The summed E-state index contributed by atoms with van der Waals surface area (Å²) >= 11 is 1.76. The first-order valence-corrected chi connectivity index (χ1v) is 17.5. The number of carbonyl (C=O) groups is 4. The summed E-state index contributed by atoms with van der Waals surface area (Å²) in [5.41, 5.74) is 9.47. The number of nitrogens with two attached hydrogens (primary N) is 1. The molecule has 0 saturated heterocycles. The highest BCUT2D eigenvalue weighted by atomic mass is 32.2. The van der Waals surface area contributed by atoms with Gasteiger partial charge in [0.05, 0.1) is 16.9 Å². The normalized spacial score (nSPS) is 12.9.